The van der Waals surface area contributed by atoms with Crippen LogP contribution in [0.2, 0.25) is 0 Å². The molecule has 3 rings (SSSR count). The number of nitriles is 1. The molecule has 2 heterocycles. The van der Waals surface area contributed by atoms with Crippen LogP contribution in [-0.4, -0.2) is 16.6 Å². The Morgan fingerprint density at radius 1 is 1.12 bits per heavy atom. The highest BCUT2D eigenvalue weighted by Crippen LogP contribution is 2.21. The number of pyridine rings is 1. The summed E-state index contributed by atoms with van der Waals surface area (Å²) in [5, 5.41) is 19.3. The molecule has 1 atom stereocenters. The molecule has 0 aliphatic carbocycles. The Kier molecular flexibility index (Phi) is 4.90. The topological polar surface area (TPSA) is 73.3 Å². The zero-order chi connectivity index (χ0) is 16.8. The summed E-state index contributed by atoms with van der Waals surface area (Å²) in [7, 11) is 0. The molecule has 5 nitrogen and oxygen atoms in total. The summed E-state index contributed by atoms with van der Waals surface area (Å²) < 4.78 is 5.28. The van der Waals surface area contributed by atoms with Gasteiger partial charge in [-0.3, -0.25) is 0 Å². The number of aliphatic hydroxyl groups excluding tert-OH is 1. The average Bonchev–Trinajstić information content (AvgIpc) is 3.17. The van der Waals surface area contributed by atoms with E-state index in [0.717, 1.165) is 5.56 Å². The van der Waals surface area contributed by atoms with Crippen LogP contribution < -0.4 is 4.90 Å². The monoisotopic (exact) mass is 319 g/mol. The third-order valence-electron chi connectivity index (χ3n) is 3.68. The zero-order valence-electron chi connectivity index (χ0n) is 13.0. The SMILES string of the molecule is N#Cc1ccc(N(Cc2ccccc2)C[C@H](O)c2ccco2)nc1. The van der Waals surface area contributed by atoms with Crippen LogP contribution >= 0.6 is 0 Å². The average molecular weight is 319 g/mol. The summed E-state index contributed by atoms with van der Waals surface area (Å²) in [5.74, 6) is 1.21. The highest BCUT2D eigenvalue weighted by atomic mass is 16.4. The number of aliphatic hydroxyl groups is 1. The highest BCUT2D eigenvalue weighted by molar-refractivity contribution is 5.43. The van der Waals surface area contributed by atoms with E-state index in [2.05, 4.69) is 11.1 Å². The van der Waals surface area contributed by atoms with Crippen LogP contribution in [-0.2, 0) is 6.54 Å². The lowest BCUT2D eigenvalue weighted by molar-refractivity contribution is 0.154. The van der Waals surface area contributed by atoms with E-state index in [9.17, 15) is 5.11 Å². The minimum atomic E-state index is -0.763. The van der Waals surface area contributed by atoms with Crippen molar-refractivity contribution in [2.24, 2.45) is 0 Å². The predicted molar refractivity (Wildman–Crippen MR) is 90.1 cm³/mol. The van der Waals surface area contributed by atoms with E-state index in [4.69, 9.17) is 9.68 Å². The van der Waals surface area contributed by atoms with Gasteiger partial charge in [-0.15, -0.1) is 0 Å². The first-order valence-electron chi connectivity index (χ1n) is 7.63. The summed E-state index contributed by atoms with van der Waals surface area (Å²) in [5.41, 5.74) is 1.61. The van der Waals surface area contributed by atoms with Crippen molar-refractivity contribution in [2.75, 3.05) is 11.4 Å². The van der Waals surface area contributed by atoms with Crippen LogP contribution in [0.4, 0.5) is 5.82 Å². The fourth-order valence-electron chi connectivity index (χ4n) is 2.46. The molecular weight excluding hydrogens is 302 g/mol. The first kappa shape index (κ1) is 15.8. The van der Waals surface area contributed by atoms with Crippen molar-refractivity contribution in [3.8, 4) is 6.07 Å². The minimum Gasteiger partial charge on any atom is -0.467 e. The Bertz CT molecular complexity index is 793. The Balaban J connectivity index is 1.83. The normalized spacial score (nSPS) is 11.7. The van der Waals surface area contributed by atoms with Crippen molar-refractivity contribution in [3.05, 3.63) is 83.9 Å². The second-order valence-electron chi connectivity index (χ2n) is 5.41. The lowest BCUT2D eigenvalue weighted by Crippen LogP contribution is -2.28. The lowest BCUT2D eigenvalue weighted by Gasteiger charge is -2.26. The maximum Gasteiger partial charge on any atom is 0.134 e. The summed E-state index contributed by atoms with van der Waals surface area (Å²) in [6.45, 7) is 0.929. The van der Waals surface area contributed by atoms with Crippen LogP contribution in [0, 0.1) is 11.3 Å². The van der Waals surface area contributed by atoms with Crippen molar-refractivity contribution in [3.63, 3.8) is 0 Å². The summed E-state index contributed by atoms with van der Waals surface area (Å²) >= 11 is 0. The van der Waals surface area contributed by atoms with E-state index in [1.165, 1.54) is 6.20 Å². The summed E-state index contributed by atoms with van der Waals surface area (Å²) in [4.78, 5) is 6.30. The van der Waals surface area contributed by atoms with Gasteiger partial charge in [-0.25, -0.2) is 4.98 Å². The molecule has 0 saturated heterocycles. The van der Waals surface area contributed by atoms with Crippen LogP contribution in [0.25, 0.3) is 0 Å². The van der Waals surface area contributed by atoms with E-state index in [0.29, 0.717) is 30.2 Å². The fourth-order valence-corrected chi connectivity index (χ4v) is 2.46. The number of anilines is 1. The summed E-state index contributed by atoms with van der Waals surface area (Å²) in [6.07, 6.45) is 2.31. The lowest BCUT2D eigenvalue weighted by atomic mass is 10.2. The van der Waals surface area contributed by atoms with Gasteiger partial charge in [0, 0.05) is 12.7 Å². The molecule has 0 amide bonds. The standard InChI is InChI=1S/C19H17N3O2/c20-11-16-8-9-19(21-12-16)22(13-15-5-2-1-3-6-15)14-17(23)18-7-4-10-24-18/h1-10,12,17,23H,13-14H2/t17-/m0/s1. The van der Waals surface area contributed by atoms with Crippen molar-refractivity contribution in [1.82, 2.24) is 4.98 Å². The fraction of sp³-hybridized carbons (Fsp3) is 0.158. The molecule has 0 unspecified atom stereocenters. The van der Waals surface area contributed by atoms with Crippen LogP contribution in [0.5, 0.6) is 0 Å². The minimum absolute atomic E-state index is 0.335. The van der Waals surface area contributed by atoms with Crippen LogP contribution in [0.15, 0.2) is 71.5 Å². The molecule has 0 fully saturated rings. The number of hydrogen-bond acceptors (Lipinski definition) is 5. The Hall–Kier alpha value is -3.10. The maximum atomic E-state index is 10.4. The van der Waals surface area contributed by atoms with E-state index >= 15 is 0 Å². The first-order valence-corrected chi connectivity index (χ1v) is 7.63. The molecule has 0 spiro atoms. The third kappa shape index (κ3) is 3.80. The van der Waals surface area contributed by atoms with Gasteiger partial charge in [-0.05, 0) is 29.8 Å². The number of benzene rings is 1. The molecule has 3 aromatic rings. The van der Waals surface area contributed by atoms with E-state index in [-0.39, 0.29) is 0 Å². The molecule has 0 radical (unpaired) electrons. The van der Waals surface area contributed by atoms with Gasteiger partial charge in [0.2, 0.25) is 0 Å². The number of aromatic nitrogens is 1. The molecule has 1 aromatic carbocycles. The number of rotatable bonds is 6. The van der Waals surface area contributed by atoms with Crippen molar-refractivity contribution < 1.29 is 9.52 Å². The number of nitrogens with zero attached hydrogens (tertiary/aromatic N) is 3. The molecule has 0 bridgehead atoms. The molecule has 5 heteroatoms. The van der Waals surface area contributed by atoms with Crippen molar-refractivity contribution in [2.45, 2.75) is 12.6 Å². The second-order valence-corrected chi connectivity index (χ2v) is 5.41. The van der Waals surface area contributed by atoms with E-state index in [1.807, 2.05) is 35.2 Å². The van der Waals surface area contributed by atoms with Crippen LogP contribution in [0.1, 0.15) is 23.0 Å². The smallest absolute Gasteiger partial charge is 0.134 e. The molecule has 0 aliphatic rings. The molecule has 0 aliphatic heterocycles. The molecule has 2 aromatic heterocycles. The Morgan fingerprint density at radius 3 is 2.58 bits per heavy atom. The van der Waals surface area contributed by atoms with Crippen LogP contribution in [0.3, 0.4) is 0 Å². The van der Waals surface area contributed by atoms with Gasteiger partial charge in [0.15, 0.2) is 0 Å². The van der Waals surface area contributed by atoms with Crippen molar-refractivity contribution >= 4 is 5.82 Å². The predicted octanol–water partition coefficient (Wildman–Crippen LogP) is 3.29. The van der Waals surface area contributed by atoms with Gasteiger partial charge in [0.1, 0.15) is 23.8 Å². The highest BCUT2D eigenvalue weighted by Gasteiger charge is 2.17. The maximum absolute atomic E-state index is 10.4. The first-order chi connectivity index (χ1) is 11.8. The van der Waals surface area contributed by atoms with E-state index in [1.54, 1.807) is 30.5 Å². The Labute approximate surface area is 140 Å². The van der Waals surface area contributed by atoms with Gasteiger partial charge in [-0.1, -0.05) is 30.3 Å². The van der Waals surface area contributed by atoms with Crippen molar-refractivity contribution in [1.29, 1.82) is 5.26 Å². The quantitative estimate of drug-likeness (QED) is 0.755. The molecule has 120 valence electrons. The largest absolute Gasteiger partial charge is 0.467 e. The van der Waals surface area contributed by atoms with E-state index < -0.39 is 6.10 Å². The molecular formula is C19H17N3O2. The Morgan fingerprint density at radius 2 is 1.96 bits per heavy atom. The second kappa shape index (κ2) is 7.44. The van der Waals surface area contributed by atoms with Gasteiger partial charge < -0.3 is 14.4 Å². The summed E-state index contributed by atoms with van der Waals surface area (Å²) in [6, 6.07) is 19.0. The van der Waals surface area contributed by atoms with Gasteiger partial charge >= 0.3 is 0 Å². The molecule has 0 saturated carbocycles. The van der Waals surface area contributed by atoms with Gasteiger partial charge in [0.05, 0.1) is 18.4 Å². The molecule has 24 heavy (non-hydrogen) atoms. The third-order valence-corrected chi connectivity index (χ3v) is 3.68. The molecule has 1 N–H and O–H groups in total. The number of furan rings is 1. The van der Waals surface area contributed by atoms with Gasteiger partial charge in [-0.2, -0.15) is 5.26 Å². The number of hydrogen-bond donors (Lipinski definition) is 1. The zero-order valence-corrected chi connectivity index (χ0v) is 13.0. The van der Waals surface area contributed by atoms with Gasteiger partial charge in [0.25, 0.3) is 0 Å².